The van der Waals surface area contributed by atoms with Crippen molar-refractivity contribution in [3.8, 4) is 10.8 Å². The lowest BCUT2D eigenvalue weighted by Crippen LogP contribution is -2.40. The van der Waals surface area contributed by atoms with Crippen LogP contribution in [0.4, 0.5) is 0 Å². The van der Waals surface area contributed by atoms with E-state index in [1.165, 1.54) is 0 Å². The number of halogens is 1. The Morgan fingerprint density at radius 3 is 2.96 bits per heavy atom. The quantitative estimate of drug-likeness (QED) is 0.665. The lowest BCUT2D eigenvalue weighted by Gasteiger charge is -2.31. The van der Waals surface area contributed by atoms with Crippen LogP contribution >= 0.6 is 22.9 Å². The first-order valence-corrected chi connectivity index (χ1v) is 9.85. The number of hydrogen-bond acceptors (Lipinski definition) is 5. The van der Waals surface area contributed by atoms with E-state index < -0.39 is 0 Å². The van der Waals surface area contributed by atoms with Crippen LogP contribution < -0.4 is 0 Å². The molecule has 7 heteroatoms. The molecular weight excluding hydrogens is 370 g/mol. The minimum Gasteiger partial charge on any atom is -0.420 e. The Kier molecular flexibility index (Phi) is 5.04. The van der Waals surface area contributed by atoms with Crippen LogP contribution in [0.3, 0.4) is 0 Å². The Morgan fingerprint density at radius 2 is 2.15 bits per heavy atom. The average Bonchev–Trinajstić information content (AvgIpc) is 3.35. The van der Waals surface area contributed by atoms with E-state index in [1.54, 1.807) is 11.3 Å². The van der Waals surface area contributed by atoms with Crippen molar-refractivity contribution in [2.75, 3.05) is 13.1 Å². The summed E-state index contributed by atoms with van der Waals surface area (Å²) < 4.78 is 5.86. The fraction of sp³-hybridized carbons (Fsp3) is 0.316. The van der Waals surface area contributed by atoms with Crippen LogP contribution in [-0.4, -0.2) is 34.1 Å². The van der Waals surface area contributed by atoms with E-state index in [1.807, 2.05) is 46.7 Å². The zero-order valence-corrected chi connectivity index (χ0v) is 15.7. The second-order valence-corrected chi connectivity index (χ2v) is 7.72. The Hall–Kier alpha value is -2.18. The zero-order valence-electron chi connectivity index (χ0n) is 14.1. The SMILES string of the molecule is O=C(Cc1ccccc1Cl)N1CCCC(c2nnc(-c3cccs3)o2)C1. The molecule has 3 heterocycles. The van der Waals surface area contributed by atoms with Gasteiger partial charge in [0.1, 0.15) is 0 Å². The smallest absolute Gasteiger partial charge is 0.257 e. The summed E-state index contributed by atoms with van der Waals surface area (Å²) in [6.45, 7) is 1.36. The van der Waals surface area contributed by atoms with Crippen LogP contribution in [-0.2, 0) is 11.2 Å². The molecule has 0 aliphatic carbocycles. The van der Waals surface area contributed by atoms with Crippen molar-refractivity contribution in [2.45, 2.75) is 25.2 Å². The normalized spacial score (nSPS) is 17.4. The van der Waals surface area contributed by atoms with Crippen LogP contribution in [0.2, 0.25) is 5.02 Å². The average molecular weight is 388 g/mol. The van der Waals surface area contributed by atoms with E-state index in [4.69, 9.17) is 16.0 Å². The topological polar surface area (TPSA) is 59.2 Å². The number of benzene rings is 1. The molecule has 0 saturated carbocycles. The second kappa shape index (κ2) is 7.60. The third-order valence-corrected chi connectivity index (χ3v) is 5.82. The lowest BCUT2D eigenvalue weighted by molar-refractivity contribution is -0.131. The summed E-state index contributed by atoms with van der Waals surface area (Å²) in [5.41, 5.74) is 0.860. The molecular formula is C19H18ClN3O2S. The van der Waals surface area contributed by atoms with E-state index in [0.717, 1.165) is 29.8 Å². The first kappa shape index (κ1) is 17.2. The van der Waals surface area contributed by atoms with Gasteiger partial charge in [-0.3, -0.25) is 4.79 Å². The van der Waals surface area contributed by atoms with Gasteiger partial charge in [-0.1, -0.05) is 35.9 Å². The highest BCUT2D eigenvalue weighted by Gasteiger charge is 2.28. The van der Waals surface area contributed by atoms with Gasteiger partial charge in [0, 0.05) is 18.1 Å². The van der Waals surface area contributed by atoms with Gasteiger partial charge in [-0.2, -0.15) is 0 Å². The highest BCUT2D eigenvalue weighted by Crippen LogP contribution is 2.30. The molecule has 1 aliphatic heterocycles. The largest absolute Gasteiger partial charge is 0.420 e. The number of hydrogen-bond donors (Lipinski definition) is 0. The molecule has 4 rings (SSSR count). The summed E-state index contributed by atoms with van der Waals surface area (Å²) in [5, 5.41) is 11.0. The molecule has 26 heavy (non-hydrogen) atoms. The third kappa shape index (κ3) is 3.66. The maximum absolute atomic E-state index is 12.7. The molecule has 134 valence electrons. The number of nitrogens with zero attached hydrogens (tertiary/aromatic N) is 3. The second-order valence-electron chi connectivity index (χ2n) is 6.37. The van der Waals surface area contributed by atoms with Crippen molar-refractivity contribution in [2.24, 2.45) is 0 Å². The number of rotatable bonds is 4. The first-order valence-electron chi connectivity index (χ1n) is 8.59. The van der Waals surface area contributed by atoms with Gasteiger partial charge in [0.2, 0.25) is 11.8 Å². The van der Waals surface area contributed by atoms with Crippen molar-refractivity contribution >= 4 is 28.8 Å². The molecule has 0 spiro atoms. The Morgan fingerprint density at radius 1 is 1.27 bits per heavy atom. The van der Waals surface area contributed by atoms with E-state index in [9.17, 15) is 4.79 Å². The molecule has 1 fully saturated rings. The lowest BCUT2D eigenvalue weighted by atomic mass is 9.97. The third-order valence-electron chi connectivity index (χ3n) is 4.60. The maximum atomic E-state index is 12.7. The van der Waals surface area contributed by atoms with Crippen molar-refractivity contribution in [3.05, 3.63) is 58.3 Å². The van der Waals surface area contributed by atoms with E-state index in [0.29, 0.717) is 29.8 Å². The van der Waals surface area contributed by atoms with Gasteiger partial charge in [-0.05, 0) is 35.9 Å². The van der Waals surface area contributed by atoms with Gasteiger partial charge in [-0.25, -0.2) is 0 Å². The van der Waals surface area contributed by atoms with Crippen LogP contribution in [0.15, 0.2) is 46.2 Å². The van der Waals surface area contributed by atoms with Crippen LogP contribution in [0.25, 0.3) is 10.8 Å². The Labute approximate surface area is 160 Å². The highest BCUT2D eigenvalue weighted by atomic mass is 35.5. The minimum atomic E-state index is 0.0835. The molecule has 1 unspecified atom stereocenters. The molecule has 2 aromatic heterocycles. The molecule has 0 N–H and O–H groups in total. The maximum Gasteiger partial charge on any atom is 0.257 e. The number of likely N-dealkylation sites (tertiary alicyclic amines) is 1. The molecule has 1 amide bonds. The summed E-state index contributed by atoms with van der Waals surface area (Å²) in [5.74, 6) is 1.33. The number of carbonyl (C=O) groups is 1. The fourth-order valence-corrected chi connectivity index (χ4v) is 4.07. The monoisotopic (exact) mass is 387 g/mol. The molecule has 1 atom stereocenters. The van der Waals surface area contributed by atoms with E-state index >= 15 is 0 Å². The predicted octanol–water partition coefficient (Wildman–Crippen LogP) is 4.40. The first-order chi connectivity index (χ1) is 12.7. The van der Waals surface area contributed by atoms with E-state index in [-0.39, 0.29) is 11.8 Å². The molecule has 0 radical (unpaired) electrons. The zero-order chi connectivity index (χ0) is 17.9. The number of carbonyl (C=O) groups excluding carboxylic acids is 1. The minimum absolute atomic E-state index is 0.0835. The molecule has 1 saturated heterocycles. The molecule has 5 nitrogen and oxygen atoms in total. The highest BCUT2D eigenvalue weighted by molar-refractivity contribution is 7.13. The number of thiophene rings is 1. The van der Waals surface area contributed by atoms with Crippen molar-refractivity contribution in [1.82, 2.24) is 15.1 Å². The molecule has 1 aromatic carbocycles. The van der Waals surface area contributed by atoms with Gasteiger partial charge in [0.05, 0.1) is 17.2 Å². The number of aromatic nitrogens is 2. The van der Waals surface area contributed by atoms with Crippen molar-refractivity contribution in [1.29, 1.82) is 0 Å². The van der Waals surface area contributed by atoms with Crippen LogP contribution in [0.1, 0.15) is 30.2 Å². The standard InChI is InChI=1S/C19H18ClN3O2S/c20-15-7-2-1-5-13(15)11-17(24)23-9-3-6-14(12-23)18-21-22-19(25-18)16-8-4-10-26-16/h1-2,4-5,7-8,10,14H,3,6,9,11-12H2. The summed E-state index contributed by atoms with van der Waals surface area (Å²) >= 11 is 7.75. The summed E-state index contributed by atoms with van der Waals surface area (Å²) in [7, 11) is 0. The summed E-state index contributed by atoms with van der Waals surface area (Å²) in [4.78, 5) is 15.5. The fourth-order valence-electron chi connectivity index (χ4n) is 3.22. The number of piperidine rings is 1. The van der Waals surface area contributed by atoms with Crippen molar-refractivity contribution < 1.29 is 9.21 Å². The van der Waals surface area contributed by atoms with Gasteiger partial charge in [0.15, 0.2) is 0 Å². The molecule has 1 aliphatic rings. The predicted molar refractivity (Wildman–Crippen MR) is 101 cm³/mol. The Balaban J connectivity index is 1.44. The Bertz CT molecular complexity index is 894. The van der Waals surface area contributed by atoms with E-state index in [2.05, 4.69) is 10.2 Å². The summed E-state index contributed by atoms with van der Waals surface area (Å²) in [6.07, 6.45) is 2.19. The van der Waals surface area contributed by atoms with Crippen LogP contribution in [0.5, 0.6) is 0 Å². The van der Waals surface area contributed by atoms with Gasteiger partial charge in [-0.15, -0.1) is 21.5 Å². The van der Waals surface area contributed by atoms with Gasteiger partial charge >= 0.3 is 0 Å². The number of amides is 1. The molecule has 0 bridgehead atoms. The van der Waals surface area contributed by atoms with Gasteiger partial charge < -0.3 is 9.32 Å². The summed E-state index contributed by atoms with van der Waals surface area (Å²) in [6, 6.07) is 11.4. The molecule has 3 aromatic rings. The van der Waals surface area contributed by atoms with Crippen LogP contribution in [0, 0.1) is 0 Å². The van der Waals surface area contributed by atoms with Crippen molar-refractivity contribution in [3.63, 3.8) is 0 Å². The van der Waals surface area contributed by atoms with Gasteiger partial charge in [0.25, 0.3) is 5.89 Å².